The first kappa shape index (κ1) is 18.5. The molecule has 0 bridgehead atoms. The maximum absolute atomic E-state index is 5.48. The van der Waals surface area contributed by atoms with Gasteiger partial charge in [-0.2, -0.15) is 0 Å². The summed E-state index contributed by atoms with van der Waals surface area (Å²) < 4.78 is 7.76. The van der Waals surface area contributed by atoms with Gasteiger partial charge in [0, 0.05) is 48.8 Å². The zero-order valence-electron chi connectivity index (χ0n) is 17.2. The number of aromatic nitrogens is 1. The van der Waals surface area contributed by atoms with Crippen LogP contribution in [0.25, 0.3) is 10.9 Å². The first-order valence-electron chi connectivity index (χ1n) is 10.8. The molecule has 5 heteroatoms. The monoisotopic (exact) mass is 390 g/mol. The SMILES string of the molecule is Cn1cc(C2CCNCC2)c2ccc(Nc3cccc(N4CCOCC4)c3)cc21. The Morgan fingerprint density at radius 3 is 2.62 bits per heavy atom. The number of benzene rings is 2. The second kappa shape index (κ2) is 8.09. The zero-order valence-corrected chi connectivity index (χ0v) is 17.2. The van der Waals surface area contributed by atoms with Crippen molar-refractivity contribution in [2.75, 3.05) is 49.6 Å². The Kier molecular flexibility index (Phi) is 5.17. The van der Waals surface area contributed by atoms with Crippen molar-refractivity contribution in [1.82, 2.24) is 9.88 Å². The van der Waals surface area contributed by atoms with Crippen LogP contribution in [-0.2, 0) is 11.8 Å². The van der Waals surface area contributed by atoms with Crippen LogP contribution in [0, 0.1) is 0 Å². The summed E-state index contributed by atoms with van der Waals surface area (Å²) in [6, 6.07) is 15.5. The second-order valence-corrected chi connectivity index (χ2v) is 8.23. The molecule has 152 valence electrons. The number of ether oxygens (including phenoxy) is 1. The van der Waals surface area contributed by atoms with Gasteiger partial charge in [0.2, 0.25) is 0 Å². The molecule has 3 heterocycles. The van der Waals surface area contributed by atoms with Gasteiger partial charge in [-0.1, -0.05) is 12.1 Å². The highest BCUT2D eigenvalue weighted by Gasteiger charge is 2.19. The average Bonchev–Trinajstić information content (AvgIpc) is 3.11. The van der Waals surface area contributed by atoms with Crippen LogP contribution in [-0.4, -0.2) is 44.0 Å². The highest BCUT2D eigenvalue weighted by molar-refractivity contribution is 5.88. The molecular formula is C24H30N4O. The Bertz CT molecular complexity index is 984. The summed E-state index contributed by atoms with van der Waals surface area (Å²) in [6.07, 6.45) is 4.80. The molecule has 0 aliphatic carbocycles. The minimum Gasteiger partial charge on any atom is -0.378 e. The Balaban J connectivity index is 1.39. The van der Waals surface area contributed by atoms with E-state index in [4.69, 9.17) is 4.74 Å². The van der Waals surface area contributed by atoms with E-state index in [0.717, 1.165) is 50.8 Å². The minimum absolute atomic E-state index is 0.670. The van der Waals surface area contributed by atoms with E-state index in [1.165, 1.54) is 35.0 Å². The molecule has 2 aliphatic heterocycles. The highest BCUT2D eigenvalue weighted by atomic mass is 16.5. The number of morpholine rings is 1. The van der Waals surface area contributed by atoms with Crippen molar-refractivity contribution in [2.45, 2.75) is 18.8 Å². The Hall–Kier alpha value is -2.50. The molecule has 1 aromatic heterocycles. The van der Waals surface area contributed by atoms with Crippen LogP contribution in [0.5, 0.6) is 0 Å². The lowest BCUT2D eigenvalue weighted by Crippen LogP contribution is -2.36. The van der Waals surface area contributed by atoms with Crippen LogP contribution in [0.4, 0.5) is 17.1 Å². The fraction of sp³-hybridized carbons (Fsp3) is 0.417. The second-order valence-electron chi connectivity index (χ2n) is 8.23. The van der Waals surface area contributed by atoms with Gasteiger partial charge in [0.15, 0.2) is 0 Å². The predicted molar refractivity (Wildman–Crippen MR) is 121 cm³/mol. The lowest BCUT2D eigenvalue weighted by molar-refractivity contribution is 0.122. The summed E-state index contributed by atoms with van der Waals surface area (Å²) in [4.78, 5) is 2.39. The maximum Gasteiger partial charge on any atom is 0.0642 e. The van der Waals surface area contributed by atoms with Crippen LogP contribution in [0.15, 0.2) is 48.7 Å². The zero-order chi connectivity index (χ0) is 19.6. The lowest BCUT2D eigenvalue weighted by atomic mass is 9.90. The number of anilines is 3. The van der Waals surface area contributed by atoms with Gasteiger partial charge in [0.05, 0.1) is 18.7 Å². The molecular weight excluding hydrogens is 360 g/mol. The number of nitrogens with zero attached hydrogens (tertiary/aromatic N) is 2. The molecule has 2 saturated heterocycles. The van der Waals surface area contributed by atoms with Crippen molar-refractivity contribution in [3.05, 3.63) is 54.2 Å². The molecule has 0 atom stereocenters. The molecule has 0 unspecified atom stereocenters. The molecule has 5 nitrogen and oxygen atoms in total. The fourth-order valence-electron chi connectivity index (χ4n) is 4.72. The molecule has 3 aromatic rings. The van der Waals surface area contributed by atoms with E-state index in [9.17, 15) is 0 Å². The third-order valence-corrected chi connectivity index (χ3v) is 6.31. The standard InChI is InChI=1S/C24H30N4O/c1-27-17-23(18-7-9-25-10-8-18)22-6-5-20(16-24(22)27)26-19-3-2-4-21(15-19)28-11-13-29-14-12-28/h2-6,15-18,25-26H,7-14H2,1H3. The summed E-state index contributed by atoms with van der Waals surface area (Å²) >= 11 is 0. The Morgan fingerprint density at radius 1 is 1.00 bits per heavy atom. The van der Waals surface area contributed by atoms with E-state index in [0.29, 0.717) is 5.92 Å². The summed E-state index contributed by atoms with van der Waals surface area (Å²) in [5.74, 6) is 0.670. The Labute approximate surface area is 172 Å². The van der Waals surface area contributed by atoms with E-state index in [1.807, 2.05) is 0 Å². The molecule has 2 fully saturated rings. The molecule has 2 aliphatic rings. The van der Waals surface area contributed by atoms with Gasteiger partial charge in [-0.25, -0.2) is 0 Å². The van der Waals surface area contributed by atoms with Gasteiger partial charge < -0.3 is 24.8 Å². The minimum atomic E-state index is 0.670. The molecule has 2 aromatic carbocycles. The fourth-order valence-corrected chi connectivity index (χ4v) is 4.72. The molecule has 0 radical (unpaired) electrons. The van der Waals surface area contributed by atoms with Crippen LogP contribution in [0.1, 0.15) is 24.3 Å². The van der Waals surface area contributed by atoms with Crippen molar-refractivity contribution < 1.29 is 4.74 Å². The molecule has 0 saturated carbocycles. The van der Waals surface area contributed by atoms with E-state index in [2.05, 4.69) is 75.8 Å². The number of piperidine rings is 1. The van der Waals surface area contributed by atoms with Crippen molar-refractivity contribution >= 4 is 28.0 Å². The van der Waals surface area contributed by atoms with E-state index in [1.54, 1.807) is 0 Å². The first-order chi connectivity index (χ1) is 14.3. The summed E-state index contributed by atoms with van der Waals surface area (Å²) in [6.45, 7) is 5.78. The van der Waals surface area contributed by atoms with Crippen LogP contribution < -0.4 is 15.5 Å². The van der Waals surface area contributed by atoms with Gasteiger partial charge in [-0.05, 0) is 67.7 Å². The third-order valence-electron chi connectivity index (χ3n) is 6.31. The van der Waals surface area contributed by atoms with Gasteiger partial charge in [-0.15, -0.1) is 0 Å². The number of nitrogens with one attached hydrogen (secondary N) is 2. The normalized spacial score (nSPS) is 18.3. The first-order valence-corrected chi connectivity index (χ1v) is 10.8. The lowest BCUT2D eigenvalue weighted by Gasteiger charge is -2.29. The third kappa shape index (κ3) is 3.85. The maximum atomic E-state index is 5.48. The summed E-state index contributed by atoms with van der Waals surface area (Å²) in [5, 5.41) is 8.48. The van der Waals surface area contributed by atoms with Crippen LogP contribution in [0.3, 0.4) is 0 Å². The number of hydrogen-bond donors (Lipinski definition) is 2. The molecule has 2 N–H and O–H groups in total. The van der Waals surface area contributed by atoms with Gasteiger partial charge in [0.25, 0.3) is 0 Å². The van der Waals surface area contributed by atoms with Crippen LogP contribution in [0.2, 0.25) is 0 Å². The van der Waals surface area contributed by atoms with E-state index in [-0.39, 0.29) is 0 Å². The summed E-state index contributed by atoms with van der Waals surface area (Å²) in [7, 11) is 2.16. The highest BCUT2D eigenvalue weighted by Crippen LogP contribution is 2.34. The van der Waals surface area contributed by atoms with Gasteiger partial charge >= 0.3 is 0 Å². The number of hydrogen-bond acceptors (Lipinski definition) is 4. The smallest absolute Gasteiger partial charge is 0.0642 e. The van der Waals surface area contributed by atoms with E-state index < -0.39 is 0 Å². The summed E-state index contributed by atoms with van der Waals surface area (Å²) in [5.41, 5.74) is 6.32. The molecule has 0 spiro atoms. The average molecular weight is 391 g/mol. The van der Waals surface area contributed by atoms with Crippen molar-refractivity contribution in [3.63, 3.8) is 0 Å². The topological polar surface area (TPSA) is 41.5 Å². The largest absolute Gasteiger partial charge is 0.378 e. The predicted octanol–water partition coefficient (Wildman–Crippen LogP) is 4.23. The van der Waals surface area contributed by atoms with Gasteiger partial charge in [-0.3, -0.25) is 0 Å². The van der Waals surface area contributed by atoms with Gasteiger partial charge in [0.1, 0.15) is 0 Å². The van der Waals surface area contributed by atoms with E-state index >= 15 is 0 Å². The van der Waals surface area contributed by atoms with Crippen molar-refractivity contribution in [3.8, 4) is 0 Å². The van der Waals surface area contributed by atoms with Crippen LogP contribution >= 0.6 is 0 Å². The number of fused-ring (bicyclic) bond motifs is 1. The number of aryl methyl sites for hydroxylation is 1. The molecule has 5 rings (SSSR count). The van der Waals surface area contributed by atoms with Crippen molar-refractivity contribution in [2.24, 2.45) is 7.05 Å². The molecule has 29 heavy (non-hydrogen) atoms. The molecule has 0 amide bonds. The Morgan fingerprint density at radius 2 is 1.79 bits per heavy atom. The van der Waals surface area contributed by atoms with Crippen molar-refractivity contribution in [1.29, 1.82) is 0 Å². The quantitative estimate of drug-likeness (QED) is 0.700. The number of rotatable bonds is 4.